The third kappa shape index (κ3) is 5.68. The minimum atomic E-state index is -2.48. The highest BCUT2D eigenvalue weighted by Gasteiger charge is 2.25. The van der Waals surface area contributed by atoms with Gasteiger partial charge in [-0.25, -0.2) is 13.8 Å². The Hall–Kier alpha value is -1.25. The molecule has 1 aliphatic rings. The summed E-state index contributed by atoms with van der Waals surface area (Å²) in [6, 6.07) is 3.21. The maximum Gasteiger partial charge on any atom is 0.451 e. The van der Waals surface area contributed by atoms with Crippen molar-refractivity contribution in [3.63, 3.8) is 0 Å². The van der Waals surface area contributed by atoms with Crippen LogP contribution in [0.1, 0.15) is 44.1 Å². The topological polar surface area (TPSA) is 82.6 Å². The first-order valence-corrected chi connectivity index (χ1v) is 8.58. The molecule has 4 N–H and O–H groups in total. The van der Waals surface area contributed by atoms with E-state index in [9.17, 15) is 8.78 Å². The lowest BCUT2D eigenvalue weighted by atomic mass is 9.82. The number of halogens is 2. The molecular weight excluding hydrogens is 315 g/mol. The van der Waals surface area contributed by atoms with Crippen molar-refractivity contribution in [2.75, 3.05) is 18.0 Å². The molecule has 0 radical (unpaired) electrons. The van der Waals surface area contributed by atoms with Gasteiger partial charge in [0.25, 0.3) is 6.43 Å². The molecule has 1 fully saturated rings. The molecule has 0 bridgehead atoms. The number of aromatic nitrogens is 1. The van der Waals surface area contributed by atoms with Gasteiger partial charge in [-0.15, -0.1) is 0 Å². The molecule has 0 aliphatic carbocycles. The zero-order valence-electron chi connectivity index (χ0n) is 13.8. The van der Waals surface area contributed by atoms with E-state index in [-0.39, 0.29) is 11.6 Å². The van der Waals surface area contributed by atoms with Crippen LogP contribution in [-0.4, -0.2) is 41.3 Å². The van der Waals surface area contributed by atoms with E-state index in [0.29, 0.717) is 12.2 Å². The van der Waals surface area contributed by atoms with E-state index < -0.39 is 13.5 Å². The number of nitrogens with two attached hydrogens (primary N) is 1. The van der Waals surface area contributed by atoms with Gasteiger partial charge >= 0.3 is 7.12 Å². The van der Waals surface area contributed by atoms with Crippen LogP contribution in [0.4, 0.5) is 14.6 Å². The molecule has 0 spiro atoms. The largest absolute Gasteiger partial charge is 0.451 e. The highest BCUT2D eigenvalue weighted by atomic mass is 19.3. The number of hydrogen-bond donors (Lipinski definition) is 3. The van der Waals surface area contributed by atoms with Gasteiger partial charge in [0, 0.05) is 30.9 Å². The molecular formula is C16H26BF2N3O2. The van der Waals surface area contributed by atoms with Gasteiger partial charge in [-0.05, 0) is 43.6 Å². The Labute approximate surface area is 142 Å². The maximum atomic E-state index is 12.6. The Morgan fingerprint density at radius 3 is 2.50 bits per heavy atom. The molecule has 0 saturated carbocycles. The Balaban J connectivity index is 1.74. The van der Waals surface area contributed by atoms with E-state index in [4.69, 9.17) is 15.8 Å². The van der Waals surface area contributed by atoms with Crippen molar-refractivity contribution in [2.24, 2.45) is 11.7 Å². The van der Waals surface area contributed by atoms with Crippen molar-refractivity contribution in [2.45, 2.75) is 50.9 Å². The minimum absolute atomic E-state index is 0.0522. The molecule has 1 aromatic rings. The molecule has 0 amide bonds. The van der Waals surface area contributed by atoms with E-state index >= 15 is 0 Å². The van der Waals surface area contributed by atoms with Crippen molar-refractivity contribution in [1.82, 2.24) is 4.98 Å². The van der Waals surface area contributed by atoms with Crippen molar-refractivity contribution in [1.29, 1.82) is 0 Å². The lowest BCUT2D eigenvalue weighted by molar-refractivity contribution is 0.151. The number of unbranched alkanes of at least 4 members (excludes halogenated alkanes) is 1. The van der Waals surface area contributed by atoms with Gasteiger partial charge in [-0.2, -0.15) is 0 Å². The molecule has 1 atom stereocenters. The van der Waals surface area contributed by atoms with Crippen molar-refractivity contribution < 1.29 is 18.8 Å². The fourth-order valence-electron chi connectivity index (χ4n) is 3.21. The highest BCUT2D eigenvalue weighted by Crippen LogP contribution is 2.26. The number of piperidine rings is 1. The summed E-state index contributed by atoms with van der Waals surface area (Å²) in [5.41, 5.74) is 6.21. The predicted octanol–water partition coefficient (Wildman–Crippen LogP) is 2.21. The SMILES string of the molecule is NC(CCCCB(O)O)C1CCN(c2ccc(C(F)F)cn2)CC1. The van der Waals surface area contributed by atoms with Gasteiger partial charge in [0.15, 0.2) is 0 Å². The number of hydrogen-bond acceptors (Lipinski definition) is 5. The molecule has 134 valence electrons. The maximum absolute atomic E-state index is 12.6. The van der Waals surface area contributed by atoms with Crippen LogP contribution in [0.25, 0.3) is 0 Å². The third-order valence-corrected chi connectivity index (χ3v) is 4.74. The van der Waals surface area contributed by atoms with Crippen LogP contribution in [0.2, 0.25) is 6.32 Å². The Kier molecular flexibility index (Phi) is 7.39. The van der Waals surface area contributed by atoms with Crippen LogP contribution in [0.15, 0.2) is 18.3 Å². The van der Waals surface area contributed by atoms with E-state index in [1.54, 1.807) is 6.07 Å². The summed E-state index contributed by atoms with van der Waals surface area (Å²) in [7, 11) is -1.23. The molecule has 2 heterocycles. The molecule has 5 nitrogen and oxygen atoms in total. The molecule has 1 aliphatic heterocycles. The van der Waals surface area contributed by atoms with Crippen LogP contribution in [-0.2, 0) is 0 Å². The van der Waals surface area contributed by atoms with Gasteiger partial charge in [0.1, 0.15) is 5.82 Å². The first-order valence-electron chi connectivity index (χ1n) is 8.58. The van der Waals surface area contributed by atoms with Gasteiger partial charge < -0.3 is 20.7 Å². The summed E-state index contributed by atoms with van der Waals surface area (Å²) in [5.74, 6) is 1.18. The fraction of sp³-hybridized carbons (Fsp3) is 0.688. The third-order valence-electron chi connectivity index (χ3n) is 4.74. The monoisotopic (exact) mass is 341 g/mol. The van der Waals surface area contributed by atoms with Crippen molar-refractivity contribution in [3.8, 4) is 0 Å². The summed E-state index contributed by atoms with van der Waals surface area (Å²) in [5, 5.41) is 17.6. The summed E-state index contributed by atoms with van der Waals surface area (Å²) in [6.45, 7) is 1.66. The van der Waals surface area contributed by atoms with Crippen molar-refractivity contribution in [3.05, 3.63) is 23.9 Å². The average Bonchev–Trinajstić information content (AvgIpc) is 2.58. The summed E-state index contributed by atoms with van der Waals surface area (Å²) >= 11 is 0. The van der Waals surface area contributed by atoms with E-state index in [1.165, 1.54) is 12.3 Å². The standard InChI is InChI=1S/C16H26BF2N3O2/c18-16(19)13-4-5-15(21-11-13)22-9-6-12(7-10-22)14(20)3-1-2-8-17(23)24/h4-5,11-12,14,16,23-24H,1-3,6-10,20H2. The summed E-state index contributed by atoms with van der Waals surface area (Å²) < 4.78 is 25.1. The van der Waals surface area contributed by atoms with Gasteiger partial charge in [-0.1, -0.05) is 12.8 Å². The van der Waals surface area contributed by atoms with Gasteiger partial charge in [0.2, 0.25) is 0 Å². The van der Waals surface area contributed by atoms with E-state index in [1.807, 2.05) is 0 Å². The number of anilines is 1. The molecule has 1 unspecified atom stereocenters. The normalized spacial score (nSPS) is 17.3. The first kappa shape index (κ1) is 19.1. The molecule has 0 aromatic carbocycles. The second-order valence-corrected chi connectivity index (χ2v) is 6.50. The number of rotatable bonds is 8. The average molecular weight is 341 g/mol. The van der Waals surface area contributed by atoms with Crippen LogP contribution in [0.5, 0.6) is 0 Å². The molecule has 8 heteroatoms. The van der Waals surface area contributed by atoms with E-state index in [0.717, 1.165) is 51.0 Å². The molecule has 24 heavy (non-hydrogen) atoms. The summed E-state index contributed by atoms with van der Waals surface area (Å²) in [4.78, 5) is 6.25. The molecule has 1 saturated heterocycles. The zero-order chi connectivity index (χ0) is 17.5. The van der Waals surface area contributed by atoms with E-state index in [2.05, 4.69) is 9.88 Å². The predicted molar refractivity (Wildman–Crippen MR) is 91.0 cm³/mol. The van der Waals surface area contributed by atoms with Crippen LogP contribution < -0.4 is 10.6 Å². The quantitative estimate of drug-likeness (QED) is 0.499. The Bertz CT molecular complexity index is 483. The lowest BCUT2D eigenvalue weighted by Gasteiger charge is -2.35. The minimum Gasteiger partial charge on any atom is -0.427 e. The smallest absolute Gasteiger partial charge is 0.427 e. The molecule has 2 rings (SSSR count). The number of alkyl halides is 2. The molecule has 1 aromatic heterocycles. The van der Waals surface area contributed by atoms with Gasteiger partial charge in [0.05, 0.1) is 0 Å². The second kappa shape index (κ2) is 9.29. The van der Waals surface area contributed by atoms with Crippen LogP contribution >= 0.6 is 0 Å². The Morgan fingerprint density at radius 2 is 1.96 bits per heavy atom. The Morgan fingerprint density at radius 1 is 1.25 bits per heavy atom. The fourth-order valence-corrected chi connectivity index (χ4v) is 3.21. The lowest BCUT2D eigenvalue weighted by Crippen LogP contribution is -2.41. The van der Waals surface area contributed by atoms with Crippen molar-refractivity contribution >= 4 is 12.9 Å². The van der Waals surface area contributed by atoms with Crippen LogP contribution in [0, 0.1) is 5.92 Å². The number of pyridine rings is 1. The van der Waals surface area contributed by atoms with Crippen LogP contribution in [0.3, 0.4) is 0 Å². The number of nitrogens with zero attached hydrogens (tertiary/aromatic N) is 2. The van der Waals surface area contributed by atoms with Gasteiger partial charge in [-0.3, -0.25) is 0 Å². The highest BCUT2D eigenvalue weighted by molar-refractivity contribution is 6.40. The summed E-state index contributed by atoms with van der Waals surface area (Å²) in [6.07, 6.45) is 3.63. The zero-order valence-corrected chi connectivity index (χ0v) is 13.8. The first-order chi connectivity index (χ1) is 11.5. The second-order valence-electron chi connectivity index (χ2n) is 6.50.